The van der Waals surface area contributed by atoms with Gasteiger partial charge in [0.25, 0.3) is 0 Å². The van der Waals surface area contributed by atoms with Gasteiger partial charge in [0.05, 0.1) is 0 Å². The summed E-state index contributed by atoms with van der Waals surface area (Å²) >= 11 is 0. The summed E-state index contributed by atoms with van der Waals surface area (Å²) in [6, 6.07) is 0. The van der Waals surface area contributed by atoms with E-state index in [9.17, 15) is 0 Å². The van der Waals surface area contributed by atoms with Crippen molar-refractivity contribution < 1.29 is 0 Å². The minimum atomic E-state index is 1.04. The van der Waals surface area contributed by atoms with Crippen LogP contribution in [0.25, 0.3) is 0 Å². The topological polar surface area (TPSA) is 12.0 Å². The molecule has 92 valence electrons. The summed E-state index contributed by atoms with van der Waals surface area (Å²) in [6.07, 6.45) is 11.2. The second-order valence-corrected chi connectivity index (χ2v) is 5.83. The molecule has 0 aliphatic heterocycles. The minimum Gasteiger partial charge on any atom is -0.317 e. The number of rotatable bonds is 6. The van der Waals surface area contributed by atoms with Crippen molar-refractivity contribution in [3.63, 3.8) is 0 Å². The molecule has 0 aromatic rings. The van der Waals surface area contributed by atoms with Crippen LogP contribution in [0.5, 0.6) is 0 Å². The first-order valence-corrected chi connectivity index (χ1v) is 7.16. The Labute approximate surface area is 101 Å². The molecule has 0 aromatic carbocycles. The van der Waals surface area contributed by atoms with Crippen LogP contribution >= 0.6 is 0 Å². The van der Waals surface area contributed by atoms with E-state index < -0.39 is 0 Å². The van der Waals surface area contributed by atoms with Gasteiger partial charge < -0.3 is 5.32 Å². The predicted molar refractivity (Wildman–Crippen MR) is 70.5 cm³/mol. The van der Waals surface area contributed by atoms with Crippen LogP contribution in [0, 0.1) is 17.8 Å². The predicted octanol–water partition coefficient (Wildman–Crippen LogP) is 3.76. The van der Waals surface area contributed by atoms with Crippen LogP contribution in [0.3, 0.4) is 0 Å². The molecule has 0 heterocycles. The van der Waals surface area contributed by atoms with Crippen molar-refractivity contribution in [2.45, 2.75) is 52.4 Å². The van der Waals surface area contributed by atoms with Crippen molar-refractivity contribution in [1.82, 2.24) is 5.32 Å². The molecule has 2 rings (SSSR count). The maximum absolute atomic E-state index is 3.38. The van der Waals surface area contributed by atoms with Gasteiger partial charge >= 0.3 is 0 Å². The minimum absolute atomic E-state index is 1.04. The smallest absolute Gasteiger partial charge is 0.00143 e. The summed E-state index contributed by atoms with van der Waals surface area (Å²) in [6.45, 7) is 6.74. The third kappa shape index (κ3) is 3.10. The second kappa shape index (κ2) is 5.86. The molecule has 0 radical (unpaired) electrons. The molecule has 16 heavy (non-hydrogen) atoms. The first kappa shape index (κ1) is 12.2. The van der Waals surface area contributed by atoms with Crippen LogP contribution in [-0.4, -0.2) is 13.1 Å². The van der Waals surface area contributed by atoms with E-state index in [0.29, 0.717) is 0 Å². The number of nitrogens with one attached hydrogen (secondary N) is 1. The van der Waals surface area contributed by atoms with Crippen LogP contribution in [0.2, 0.25) is 0 Å². The van der Waals surface area contributed by atoms with Crippen molar-refractivity contribution in [3.8, 4) is 0 Å². The van der Waals surface area contributed by atoms with Crippen molar-refractivity contribution >= 4 is 0 Å². The molecule has 2 saturated carbocycles. The molecule has 3 unspecified atom stereocenters. The Morgan fingerprint density at radius 1 is 1.31 bits per heavy atom. The molecule has 2 bridgehead atoms. The summed E-state index contributed by atoms with van der Waals surface area (Å²) in [4.78, 5) is 0. The van der Waals surface area contributed by atoms with Gasteiger partial charge in [0.2, 0.25) is 0 Å². The molecule has 3 atom stereocenters. The van der Waals surface area contributed by atoms with E-state index in [-0.39, 0.29) is 0 Å². The number of hydrogen-bond acceptors (Lipinski definition) is 1. The third-order valence-corrected chi connectivity index (χ3v) is 4.53. The first-order valence-electron chi connectivity index (χ1n) is 7.16. The van der Waals surface area contributed by atoms with E-state index >= 15 is 0 Å². The van der Waals surface area contributed by atoms with Gasteiger partial charge in [-0.15, -0.1) is 0 Å². The molecule has 1 nitrogen and oxygen atoms in total. The van der Waals surface area contributed by atoms with Crippen LogP contribution in [0.4, 0.5) is 0 Å². The van der Waals surface area contributed by atoms with Crippen LogP contribution in [0.1, 0.15) is 52.4 Å². The highest BCUT2D eigenvalue weighted by molar-refractivity contribution is 5.03. The zero-order valence-corrected chi connectivity index (χ0v) is 11.0. The van der Waals surface area contributed by atoms with Gasteiger partial charge in [-0.1, -0.05) is 25.0 Å². The molecule has 0 saturated heterocycles. The van der Waals surface area contributed by atoms with Crippen LogP contribution in [0.15, 0.2) is 11.6 Å². The summed E-state index contributed by atoms with van der Waals surface area (Å²) in [5, 5.41) is 3.38. The molecular weight excluding hydrogens is 194 g/mol. The van der Waals surface area contributed by atoms with Crippen LogP contribution in [-0.2, 0) is 0 Å². The Morgan fingerprint density at radius 3 is 2.81 bits per heavy atom. The number of fused-ring (bicyclic) bond motifs is 2. The van der Waals surface area contributed by atoms with Crippen molar-refractivity contribution in [2.24, 2.45) is 17.8 Å². The fraction of sp³-hybridized carbons (Fsp3) is 0.867. The Kier molecular flexibility index (Phi) is 4.45. The summed E-state index contributed by atoms with van der Waals surface area (Å²) < 4.78 is 0. The Morgan fingerprint density at radius 2 is 2.19 bits per heavy atom. The van der Waals surface area contributed by atoms with Gasteiger partial charge in [-0.2, -0.15) is 0 Å². The van der Waals surface area contributed by atoms with E-state index in [1.165, 1.54) is 32.1 Å². The van der Waals surface area contributed by atoms with Crippen LogP contribution < -0.4 is 5.32 Å². The van der Waals surface area contributed by atoms with Gasteiger partial charge in [-0.05, 0) is 69.9 Å². The second-order valence-electron chi connectivity index (χ2n) is 5.83. The van der Waals surface area contributed by atoms with E-state index in [1.54, 1.807) is 12.0 Å². The fourth-order valence-corrected chi connectivity index (χ4v) is 3.72. The maximum Gasteiger partial charge on any atom is -0.00143 e. The zero-order valence-electron chi connectivity index (χ0n) is 11.0. The molecule has 0 amide bonds. The molecule has 0 spiro atoms. The SMILES string of the molecule is CCNCCC=C(C)CC1CC2CCC1C2. The molecule has 1 N–H and O–H groups in total. The Bertz CT molecular complexity index is 244. The highest BCUT2D eigenvalue weighted by Gasteiger charge is 2.38. The molecule has 2 aliphatic rings. The van der Waals surface area contributed by atoms with Gasteiger partial charge in [0.15, 0.2) is 0 Å². The maximum atomic E-state index is 3.38. The molecule has 1 heteroatoms. The average Bonchev–Trinajstić information content (AvgIpc) is 2.86. The van der Waals surface area contributed by atoms with Gasteiger partial charge in [0, 0.05) is 0 Å². The van der Waals surface area contributed by atoms with E-state index in [1.807, 2.05) is 0 Å². The Balaban J connectivity index is 1.68. The molecule has 2 fully saturated rings. The number of hydrogen-bond donors (Lipinski definition) is 1. The van der Waals surface area contributed by atoms with Gasteiger partial charge in [0.1, 0.15) is 0 Å². The van der Waals surface area contributed by atoms with E-state index in [2.05, 4.69) is 25.2 Å². The summed E-state index contributed by atoms with van der Waals surface area (Å²) in [5.74, 6) is 3.22. The molecule has 2 aliphatic carbocycles. The fourth-order valence-electron chi connectivity index (χ4n) is 3.72. The number of allylic oxidation sites excluding steroid dienone is 1. The lowest BCUT2D eigenvalue weighted by Crippen LogP contribution is -2.13. The van der Waals surface area contributed by atoms with Crippen molar-refractivity contribution in [2.75, 3.05) is 13.1 Å². The lowest BCUT2D eigenvalue weighted by Gasteiger charge is -2.21. The molecule has 0 aromatic heterocycles. The van der Waals surface area contributed by atoms with E-state index in [0.717, 1.165) is 30.8 Å². The van der Waals surface area contributed by atoms with Gasteiger partial charge in [-0.3, -0.25) is 0 Å². The normalized spacial score (nSPS) is 33.6. The third-order valence-electron chi connectivity index (χ3n) is 4.53. The average molecular weight is 221 g/mol. The highest BCUT2D eigenvalue weighted by atomic mass is 14.8. The summed E-state index contributed by atoms with van der Waals surface area (Å²) in [7, 11) is 0. The van der Waals surface area contributed by atoms with E-state index in [4.69, 9.17) is 0 Å². The lowest BCUT2D eigenvalue weighted by atomic mass is 9.84. The Hall–Kier alpha value is -0.300. The quantitative estimate of drug-likeness (QED) is 0.532. The lowest BCUT2D eigenvalue weighted by molar-refractivity contribution is 0.330. The van der Waals surface area contributed by atoms with Crippen molar-refractivity contribution in [1.29, 1.82) is 0 Å². The van der Waals surface area contributed by atoms with Gasteiger partial charge in [-0.25, -0.2) is 0 Å². The highest BCUT2D eigenvalue weighted by Crippen LogP contribution is 2.50. The largest absolute Gasteiger partial charge is 0.317 e. The zero-order chi connectivity index (χ0) is 11.4. The summed E-state index contributed by atoms with van der Waals surface area (Å²) in [5.41, 5.74) is 1.63. The first-order chi connectivity index (χ1) is 7.79. The standard InChI is InChI=1S/C15H27N/c1-3-16-8-4-5-12(2)9-15-11-13-6-7-14(15)10-13/h5,13-16H,3-4,6-11H2,1-2H3. The monoisotopic (exact) mass is 221 g/mol. The van der Waals surface area contributed by atoms with Crippen molar-refractivity contribution in [3.05, 3.63) is 11.6 Å². The molecular formula is C15H27N.